The summed E-state index contributed by atoms with van der Waals surface area (Å²) in [6.45, 7) is 5.96. The molecule has 1 aliphatic heterocycles. The lowest BCUT2D eigenvalue weighted by Gasteiger charge is -2.44. The lowest BCUT2D eigenvalue weighted by Crippen LogP contribution is -2.36. The van der Waals surface area contributed by atoms with E-state index in [4.69, 9.17) is 46.4 Å². The zero-order valence-corrected chi connectivity index (χ0v) is 32.3. The summed E-state index contributed by atoms with van der Waals surface area (Å²) >= 11 is 26.9. The number of hydrogen-bond donors (Lipinski definition) is 0. The van der Waals surface area contributed by atoms with Gasteiger partial charge < -0.3 is 4.90 Å². The molecule has 0 saturated carbocycles. The van der Waals surface area contributed by atoms with Crippen LogP contribution in [-0.4, -0.2) is 11.6 Å². The molecule has 5 aromatic carbocycles. The molecule has 0 bridgehead atoms. The Morgan fingerprint density at radius 1 is 0.667 bits per heavy atom. The van der Waals surface area contributed by atoms with E-state index >= 15 is 0 Å². The van der Waals surface area contributed by atoms with Gasteiger partial charge in [0.05, 0.1) is 59.1 Å². The van der Waals surface area contributed by atoms with Crippen molar-refractivity contribution >= 4 is 91.8 Å². The molecule has 0 amide bonds. The summed E-state index contributed by atoms with van der Waals surface area (Å²) in [6, 6.07) is 25.5. The van der Waals surface area contributed by atoms with E-state index in [2.05, 4.69) is 0 Å². The summed E-state index contributed by atoms with van der Waals surface area (Å²) in [5.41, 5.74) is 6.53. The number of anilines is 3. The van der Waals surface area contributed by atoms with Crippen molar-refractivity contribution in [2.75, 3.05) is 4.90 Å². The van der Waals surface area contributed by atoms with Crippen molar-refractivity contribution in [1.29, 1.82) is 0 Å². The molecular formula is C43H24Cl4F3NO2S. The third-order valence-corrected chi connectivity index (χ3v) is 13.5. The molecule has 2 heterocycles. The first kappa shape index (κ1) is 35.3. The Morgan fingerprint density at radius 3 is 1.74 bits per heavy atom. The molecule has 1 aromatic heterocycles. The molecular weight excluding hydrogens is 793 g/mol. The number of allylic oxidation sites excluding steroid dienone is 1. The van der Waals surface area contributed by atoms with Crippen molar-refractivity contribution in [3.63, 3.8) is 0 Å². The van der Waals surface area contributed by atoms with Crippen molar-refractivity contribution in [1.82, 2.24) is 0 Å². The summed E-state index contributed by atoms with van der Waals surface area (Å²) in [5.74, 6) is -1.31. The maximum absolute atomic E-state index is 14.7. The van der Waals surface area contributed by atoms with E-state index < -0.39 is 28.7 Å². The fourth-order valence-corrected chi connectivity index (χ4v) is 10.8. The van der Waals surface area contributed by atoms with Crippen LogP contribution < -0.4 is 4.90 Å². The van der Waals surface area contributed by atoms with Crippen molar-refractivity contribution < 1.29 is 22.8 Å². The quantitative estimate of drug-likeness (QED) is 0.0755. The Balaban J connectivity index is 1.40. The molecule has 9 rings (SSSR count). The summed E-state index contributed by atoms with van der Waals surface area (Å²) in [6.07, 6.45) is -3.12. The Morgan fingerprint density at radius 2 is 1.20 bits per heavy atom. The SMILES string of the molecule is Cc1cc(C)c(N2c3ccc(C(F)(F)F)cc3C3(c4ccccc4-c4ccccc43)c3cc(C=C4C(=O)c5c(Cl)c(Cl)c(Cl)c(Cl)c5C4=O)sc32)c(C)c1. The van der Waals surface area contributed by atoms with Gasteiger partial charge in [-0.05, 0) is 90.1 Å². The number of carbonyl (C=O) groups excluding carboxylic acids is 2. The predicted octanol–water partition coefficient (Wildman–Crippen LogP) is 13.9. The highest BCUT2D eigenvalue weighted by Gasteiger charge is 2.53. The number of benzene rings is 5. The number of hydrogen-bond acceptors (Lipinski definition) is 4. The highest BCUT2D eigenvalue weighted by molar-refractivity contribution is 7.17. The number of fused-ring (bicyclic) bond motifs is 10. The molecule has 268 valence electrons. The van der Waals surface area contributed by atoms with E-state index in [9.17, 15) is 22.8 Å². The van der Waals surface area contributed by atoms with Crippen LogP contribution in [0.1, 0.15) is 70.1 Å². The Labute approximate surface area is 332 Å². The van der Waals surface area contributed by atoms with Crippen molar-refractivity contribution in [2.24, 2.45) is 0 Å². The van der Waals surface area contributed by atoms with Gasteiger partial charge in [-0.3, -0.25) is 9.59 Å². The maximum Gasteiger partial charge on any atom is 0.416 e. The Bertz CT molecular complexity index is 2630. The van der Waals surface area contributed by atoms with Crippen LogP contribution in [-0.2, 0) is 11.6 Å². The van der Waals surface area contributed by atoms with Crippen LogP contribution in [0.15, 0.2) is 90.5 Å². The van der Waals surface area contributed by atoms with Gasteiger partial charge in [-0.2, -0.15) is 13.2 Å². The van der Waals surface area contributed by atoms with E-state index in [-0.39, 0.29) is 36.8 Å². The summed E-state index contributed by atoms with van der Waals surface area (Å²) in [5, 5.41) is 0.130. The second-order valence-electron chi connectivity index (χ2n) is 13.7. The van der Waals surface area contributed by atoms with Gasteiger partial charge in [0.25, 0.3) is 0 Å². The van der Waals surface area contributed by atoms with Crippen molar-refractivity contribution in [2.45, 2.75) is 32.4 Å². The topological polar surface area (TPSA) is 37.4 Å². The standard InChI is InChI=1S/C43H24Cl4F3NO2S/c1-19-14-20(2)38(21(3)15-19)51-31-13-12-22(43(48,49)50)16-29(31)42(27-10-6-4-8-24(27)25-9-5-7-11-28(25)42)30-18-23(54-41(30)51)17-26-39(52)32-33(40(26)53)35(45)37(47)36(46)34(32)44/h4-18H,1-3H3. The second kappa shape index (κ2) is 12.1. The molecule has 0 fully saturated rings. The minimum atomic E-state index is -4.62. The van der Waals surface area contributed by atoms with E-state index in [0.717, 1.165) is 55.7 Å². The van der Waals surface area contributed by atoms with Gasteiger partial charge in [-0.15, -0.1) is 11.3 Å². The fourth-order valence-electron chi connectivity index (χ4n) is 8.63. The van der Waals surface area contributed by atoms with Crippen LogP contribution in [0, 0.1) is 20.8 Å². The molecule has 54 heavy (non-hydrogen) atoms. The molecule has 0 N–H and O–H groups in total. The molecule has 1 spiro atoms. The molecule has 0 radical (unpaired) electrons. The minimum absolute atomic E-state index is 0.122. The minimum Gasteiger partial charge on any atom is -0.301 e. The van der Waals surface area contributed by atoms with Crippen molar-refractivity contribution in [3.05, 3.63) is 171 Å². The molecule has 0 atom stereocenters. The third kappa shape index (κ3) is 4.69. The van der Waals surface area contributed by atoms with E-state index in [0.29, 0.717) is 21.7 Å². The Hall–Kier alpha value is -4.37. The van der Waals surface area contributed by atoms with Crippen molar-refractivity contribution in [3.8, 4) is 11.1 Å². The number of ketones is 2. The Kier molecular flexibility index (Phi) is 7.89. The average molecular weight is 818 g/mol. The number of thiophene rings is 1. The molecule has 3 aliphatic rings. The number of nitrogens with zero attached hydrogens (tertiary/aromatic N) is 1. The van der Waals surface area contributed by atoms with Crippen LogP contribution in [0.5, 0.6) is 0 Å². The van der Waals surface area contributed by atoms with Gasteiger partial charge >= 0.3 is 6.18 Å². The average Bonchev–Trinajstić information content (AvgIpc) is 3.76. The summed E-state index contributed by atoms with van der Waals surface area (Å²) < 4.78 is 44.2. The van der Waals surface area contributed by atoms with Crippen LogP contribution in [0.2, 0.25) is 20.1 Å². The third-order valence-electron chi connectivity index (χ3n) is 10.6. The predicted molar refractivity (Wildman–Crippen MR) is 212 cm³/mol. The van der Waals surface area contributed by atoms with Crippen LogP contribution in [0.25, 0.3) is 17.2 Å². The lowest BCUT2D eigenvalue weighted by molar-refractivity contribution is -0.137. The van der Waals surface area contributed by atoms with Gasteiger partial charge in [0, 0.05) is 10.4 Å². The number of alkyl halides is 3. The van der Waals surface area contributed by atoms with E-state index in [1.165, 1.54) is 23.5 Å². The monoisotopic (exact) mass is 815 g/mol. The molecule has 2 aliphatic carbocycles. The first-order chi connectivity index (χ1) is 25.7. The van der Waals surface area contributed by atoms with Gasteiger partial charge in [-0.1, -0.05) is 113 Å². The molecule has 0 unspecified atom stereocenters. The number of rotatable bonds is 2. The molecule has 11 heteroatoms. The smallest absolute Gasteiger partial charge is 0.301 e. The zero-order valence-electron chi connectivity index (χ0n) is 28.5. The number of carbonyl (C=O) groups is 2. The molecule has 6 aromatic rings. The normalized spacial score (nSPS) is 15.0. The van der Waals surface area contributed by atoms with Gasteiger partial charge in [0.15, 0.2) is 11.6 Å². The highest BCUT2D eigenvalue weighted by Crippen LogP contribution is 2.66. The van der Waals surface area contributed by atoms with E-state index in [1.807, 2.05) is 92.4 Å². The largest absolute Gasteiger partial charge is 0.416 e. The molecule has 0 saturated heterocycles. The molecule has 3 nitrogen and oxygen atoms in total. The number of Topliss-reactive ketones (excluding diaryl/α,β-unsaturated/α-hetero) is 2. The second-order valence-corrected chi connectivity index (χ2v) is 16.3. The van der Waals surface area contributed by atoms with Crippen LogP contribution >= 0.6 is 57.7 Å². The summed E-state index contributed by atoms with van der Waals surface area (Å²) in [4.78, 5) is 30.4. The van der Waals surface area contributed by atoms with Gasteiger partial charge in [0.1, 0.15) is 5.00 Å². The van der Waals surface area contributed by atoms with Crippen LogP contribution in [0.4, 0.5) is 29.5 Å². The van der Waals surface area contributed by atoms with Crippen LogP contribution in [0.3, 0.4) is 0 Å². The first-order valence-electron chi connectivity index (χ1n) is 16.8. The number of halogens is 7. The summed E-state index contributed by atoms with van der Waals surface area (Å²) in [7, 11) is 0. The highest BCUT2D eigenvalue weighted by atomic mass is 35.5. The lowest BCUT2D eigenvalue weighted by atomic mass is 9.65. The number of aryl methyl sites for hydroxylation is 3. The fraction of sp³-hybridized carbons (Fsp3) is 0.116. The van der Waals surface area contributed by atoms with E-state index in [1.54, 1.807) is 6.07 Å². The maximum atomic E-state index is 14.7. The first-order valence-corrected chi connectivity index (χ1v) is 19.1. The van der Waals surface area contributed by atoms with Gasteiger partial charge in [-0.25, -0.2) is 0 Å². The zero-order chi connectivity index (χ0) is 38.2. The van der Waals surface area contributed by atoms with Gasteiger partial charge in [0.2, 0.25) is 0 Å².